The first kappa shape index (κ1) is 11.1. The summed E-state index contributed by atoms with van der Waals surface area (Å²) >= 11 is 0. The van der Waals surface area contributed by atoms with Gasteiger partial charge in [-0.2, -0.15) is 5.10 Å². The van der Waals surface area contributed by atoms with E-state index < -0.39 is 5.97 Å². The van der Waals surface area contributed by atoms with Gasteiger partial charge < -0.3 is 10.5 Å². The normalized spacial score (nSPS) is 10.2. The van der Waals surface area contributed by atoms with E-state index in [1.54, 1.807) is 6.07 Å². The number of esters is 1. The van der Waals surface area contributed by atoms with Gasteiger partial charge in [-0.25, -0.2) is 14.5 Å². The predicted molar refractivity (Wildman–Crippen MR) is 61.8 cm³/mol. The molecule has 0 fully saturated rings. The average Bonchev–Trinajstić information content (AvgIpc) is 2.70. The summed E-state index contributed by atoms with van der Waals surface area (Å²) in [6, 6.07) is 5.51. The summed E-state index contributed by atoms with van der Waals surface area (Å²) in [5.74, 6) is 0.0424. The number of methoxy groups -OCH3 is 1. The van der Waals surface area contributed by atoms with E-state index in [1.807, 2.05) is 19.1 Å². The number of ether oxygens (including phenoxy) is 1. The second kappa shape index (κ2) is 4.25. The highest BCUT2D eigenvalue weighted by Gasteiger charge is 2.16. The Kier molecular flexibility index (Phi) is 2.78. The van der Waals surface area contributed by atoms with Crippen LogP contribution in [0.15, 0.2) is 24.4 Å². The first-order valence-corrected chi connectivity index (χ1v) is 4.99. The van der Waals surface area contributed by atoms with Crippen LogP contribution in [-0.4, -0.2) is 27.8 Å². The van der Waals surface area contributed by atoms with Gasteiger partial charge in [0.15, 0.2) is 11.5 Å². The molecule has 0 spiro atoms. The maximum atomic E-state index is 11.3. The molecule has 2 aromatic rings. The SMILES string of the molecule is COC(=O)c1nn(-c2cccc(C)n2)cc1N. The molecule has 0 unspecified atom stereocenters. The molecule has 2 N–H and O–H groups in total. The molecule has 88 valence electrons. The first-order valence-electron chi connectivity index (χ1n) is 4.99. The zero-order valence-corrected chi connectivity index (χ0v) is 9.54. The number of nitrogens with zero attached hydrogens (tertiary/aromatic N) is 3. The molecule has 0 aliphatic carbocycles. The topological polar surface area (TPSA) is 83.0 Å². The Morgan fingerprint density at radius 1 is 1.47 bits per heavy atom. The average molecular weight is 232 g/mol. The molecule has 17 heavy (non-hydrogen) atoms. The number of nitrogen functional groups attached to an aromatic ring is 1. The van der Waals surface area contributed by atoms with E-state index in [-0.39, 0.29) is 11.4 Å². The lowest BCUT2D eigenvalue weighted by Gasteiger charge is -2.00. The molecule has 0 atom stereocenters. The molecule has 0 saturated carbocycles. The Morgan fingerprint density at radius 2 is 2.24 bits per heavy atom. The number of nitrogens with two attached hydrogens (primary N) is 1. The van der Waals surface area contributed by atoms with Gasteiger partial charge in [0.05, 0.1) is 19.0 Å². The lowest BCUT2D eigenvalue weighted by molar-refractivity contribution is 0.0594. The second-order valence-corrected chi connectivity index (χ2v) is 3.51. The number of hydrogen-bond donors (Lipinski definition) is 1. The van der Waals surface area contributed by atoms with Gasteiger partial charge >= 0.3 is 5.97 Å². The van der Waals surface area contributed by atoms with Crippen molar-refractivity contribution in [2.45, 2.75) is 6.92 Å². The summed E-state index contributed by atoms with van der Waals surface area (Å²) in [6.07, 6.45) is 1.54. The number of carbonyl (C=O) groups excluding carboxylic acids is 1. The molecule has 2 aromatic heterocycles. The minimum atomic E-state index is -0.561. The maximum Gasteiger partial charge on any atom is 0.360 e. The van der Waals surface area contributed by atoms with Crippen LogP contribution in [-0.2, 0) is 4.74 Å². The van der Waals surface area contributed by atoms with Crippen LogP contribution in [0.25, 0.3) is 5.82 Å². The van der Waals surface area contributed by atoms with Crippen molar-refractivity contribution >= 4 is 11.7 Å². The van der Waals surface area contributed by atoms with E-state index in [1.165, 1.54) is 18.0 Å². The molecule has 2 rings (SSSR count). The molecule has 0 amide bonds. The molecule has 6 nitrogen and oxygen atoms in total. The van der Waals surface area contributed by atoms with Crippen molar-refractivity contribution in [3.8, 4) is 5.82 Å². The monoisotopic (exact) mass is 232 g/mol. The van der Waals surface area contributed by atoms with Gasteiger partial charge in [0.1, 0.15) is 0 Å². The largest absolute Gasteiger partial charge is 0.464 e. The van der Waals surface area contributed by atoms with Gasteiger partial charge in [-0.05, 0) is 19.1 Å². The number of anilines is 1. The Hall–Kier alpha value is -2.37. The van der Waals surface area contributed by atoms with Crippen LogP contribution in [0.2, 0.25) is 0 Å². The molecule has 6 heteroatoms. The molecule has 0 radical (unpaired) electrons. The smallest absolute Gasteiger partial charge is 0.360 e. The fourth-order valence-electron chi connectivity index (χ4n) is 1.42. The van der Waals surface area contributed by atoms with Crippen molar-refractivity contribution in [1.29, 1.82) is 0 Å². The van der Waals surface area contributed by atoms with Crippen LogP contribution in [0, 0.1) is 6.92 Å². The predicted octanol–water partition coefficient (Wildman–Crippen LogP) is 0.945. The van der Waals surface area contributed by atoms with Crippen molar-refractivity contribution in [3.63, 3.8) is 0 Å². The lowest BCUT2D eigenvalue weighted by atomic mass is 10.4. The highest BCUT2D eigenvalue weighted by Crippen LogP contribution is 2.13. The van der Waals surface area contributed by atoms with Crippen molar-refractivity contribution in [2.75, 3.05) is 12.8 Å². The third-order valence-electron chi connectivity index (χ3n) is 2.23. The zero-order chi connectivity index (χ0) is 12.4. The lowest BCUT2D eigenvalue weighted by Crippen LogP contribution is -2.06. The van der Waals surface area contributed by atoms with Crippen LogP contribution in [0.5, 0.6) is 0 Å². The molecular weight excluding hydrogens is 220 g/mol. The van der Waals surface area contributed by atoms with Gasteiger partial charge in [0.2, 0.25) is 0 Å². The third-order valence-corrected chi connectivity index (χ3v) is 2.23. The Balaban J connectivity index is 2.44. The fourth-order valence-corrected chi connectivity index (χ4v) is 1.42. The Morgan fingerprint density at radius 3 is 2.88 bits per heavy atom. The minimum absolute atomic E-state index is 0.0933. The van der Waals surface area contributed by atoms with E-state index in [9.17, 15) is 4.79 Å². The number of aromatic nitrogens is 3. The number of pyridine rings is 1. The summed E-state index contributed by atoms with van der Waals surface area (Å²) in [5, 5.41) is 4.05. The van der Waals surface area contributed by atoms with Crippen LogP contribution >= 0.6 is 0 Å². The van der Waals surface area contributed by atoms with Crippen LogP contribution < -0.4 is 5.73 Å². The highest BCUT2D eigenvalue weighted by atomic mass is 16.5. The van der Waals surface area contributed by atoms with E-state index in [0.29, 0.717) is 5.82 Å². The zero-order valence-electron chi connectivity index (χ0n) is 9.54. The van der Waals surface area contributed by atoms with Crippen molar-refractivity contribution in [3.05, 3.63) is 35.8 Å². The summed E-state index contributed by atoms with van der Waals surface area (Å²) < 4.78 is 6.03. The van der Waals surface area contributed by atoms with E-state index in [0.717, 1.165) is 5.69 Å². The van der Waals surface area contributed by atoms with E-state index >= 15 is 0 Å². The third kappa shape index (κ3) is 2.10. The number of carbonyl (C=O) groups is 1. The maximum absolute atomic E-state index is 11.3. The summed E-state index contributed by atoms with van der Waals surface area (Å²) in [4.78, 5) is 15.6. The van der Waals surface area contributed by atoms with Gasteiger partial charge in [-0.15, -0.1) is 0 Å². The van der Waals surface area contributed by atoms with Crippen LogP contribution in [0.4, 0.5) is 5.69 Å². The quantitative estimate of drug-likeness (QED) is 0.779. The molecule has 0 aliphatic rings. The first-order chi connectivity index (χ1) is 8.11. The standard InChI is InChI=1S/C11H12N4O2/c1-7-4-3-5-9(13-7)15-6-8(12)10(14-15)11(16)17-2/h3-6H,12H2,1-2H3. The van der Waals surface area contributed by atoms with Gasteiger partial charge in [-0.1, -0.05) is 6.07 Å². The van der Waals surface area contributed by atoms with Crippen LogP contribution in [0.1, 0.15) is 16.2 Å². The second-order valence-electron chi connectivity index (χ2n) is 3.51. The van der Waals surface area contributed by atoms with E-state index in [4.69, 9.17) is 5.73 Å². The summed E-state index contributed by atoms with van der Waals surface area (Å²) in [5.41, 5.74) is 6.90. The summed E-state index contributed by atoms with van der Waals surface area (Å²) in [6.45, 7) is 1.87. The molecule has 0 aliphatic heterocycles. The van der Waals surface area contributed by atoms with Gasteiger partial charge in [0.25, 0.3) is 0 Å². The Bertz CT molecular complexity index is 562. The highest BCUT2D eigenvalue weighted by molar-refractivity contribution is 5.92. The molecular formula is C11H12N4O2. The fraction of sp³-hybridized carbons (Fsp3) is 0.182. The Labute approximate surface area is 98.0 Å². The van der Waals surface area contributed by atoms with Crippen LogP contribution in [0.3, 0.4) is 0 Å². The molecule has 2 heterocycles. The van der Waals surface area contributed by atoms with Crippen molar-refractivity contribution < 1.29 is 9.53 Å². The molecule has 0 saturated heterocycles. The van der Waals surface area contributed by atoms with Gasteiger partial charge in [0, 0.05) is 5.69 Å². The minimum Gasteiger partial charge on any atom is -0.464 e. The van der Waals surface area contributed by atoms with E-state index in [2.05, 4.69) is 14.8 Å². The van der Waals surface area contributed by atoms with Crippen molar-refractivity contribution in [1.82, 2.24) is 14.8 Å². The van der Waals surface area contributed by atoms with Gasteiger partial charge in [-0.3, -0.25) is 0 Å². The molecule has 0 bridgehead atoms. The number of aryl methyl sites for hydroxylation is 1. The van der Waals surface area contributed by atoms with Crippen molar-refractivity contribution in [2.24, 2.45) is 0 Å². The number of hydrogen-bond acceptors (Lipinski definition) is 5. The summed E-state index contributed by atoms with van der Waals surface area (Å²) in [7, 11) is 1.28. The number of rotatable bonds is 2. The molecule has 0 aromatic carbocycles.